The van der Waals surface area contributed by atoms with Crippen molar-refractivity contribution in [3.63, 3.8) is 0 Å². The van der Waals surface area contributed by atoms with Crippen molar-refractivity contribution < 1.29 is 19.2 Å². The molecule has 1 atom stereocenters. The maximum Gasteiger partial charge on any atom is 0.356 e. The Labute approximate surface area is 251 Å². The van der Waals surface area contributed by atoms with Crippen molar-refractivity contribution >= 4 is 45.8 Å². The fourth-order valence-electron chi connectivity index (χ4n) is 5.60. The minimum atomic E-state index is -3.07. The van der Waals surface area contributed by atoms with E-state index in [2.05, 4.69) is 6.58 Å². The van der Waals surface area contributed by atoms with Crippen molar-refractivity contribution in [3.05, 3.63) is 144 Å². The minimum Gasteiger partial charge on any atom is -0.456 e. The van der Waals surface area contributed by atoms with Crippen LogP contribution >= 0.6 is 6.89 Å². The average Bonchev–Trinajstić information content (AvgIpc) is 3.03. The molecule has 4 aromatic rings. The predicted molar refractivity (Wildman–Crippen MR) is 172 cm³/mol. The Morgan fingerprint density at radius 1 is 0.907 bits per heavy atom. The molecule has 0 N–H and O–H groups in total. The summed E-state index contributed by atoms with van der Waals surface area (Å²) < 4.78 is 5.98. The Morgan fingerprint density at radius 3 is 1.81 bits per heavy atom. The number of amides is 1. The van der Waals surface area contributed by atoms with Gasteiger partial charge in [0.05, 0.1) is 16.5 Å². The average molecular weight is 593 g/mol. The number of hydrogen-bond donors (Lipinski definition) is 0. The van der Waals surface area contributed by atoms with Gasteiger partial charge >= 0.3 is 5.97 Å². The van der Waals surface area contributed by atoms with E-state index in [4.69, 9.17) is 4.74 Å². The van der Waals surface area contributed by atoms with Gasteiger partial charge < -0.3 is 9.64 Å². The lowest BCUT2D eigenvalue weighted by Crippen LogP contribution is -2.63. The number of esters is 1. The standard InChI is InChI=1S/C35H33N2O5P/c1-4-35(2,3)31-24-32(38)36(31)33(34(39)42-25-26-16-14-15-23-30(26)37(40)41)43(27-17-8-5-9-18-27,28-19-10-6-11-20-28)29-21-12-7-13-22-29/h4-23,31H,1,24-25H2,2-3H3. The molecule has 0 saturated carbocycles. The fraction of sp³-hybridized carbons (Fsp3) is 0.171. The number of nitro benzene ring substituents is 1. The Hall–Kier alpha value is -4.74. The van der Waals surface area contributed by atoms with Crippen LogP contribution in [0.4, 0.5) is 5.69 Å². The number of carbonyl (C=O) groups excluding carboxylic acids is 2. The molecule has 0 radical (unpaired) electrons. The Balaban J connectivity index is 1.86. The van der Waals surface area contributed by atoms with Crippen LogP contribution in [0.2, 0.25) is 0 Å². The van der Waals surface area contributed by atoms with Gasteiger partial charge in [-0.15, -0.1) is 6.58 Å². The molecule has 1 aliphatic rings. The fourth-order valence-corrected chi connectivity index (χ4v) is 10.00. The zero-order valence-corrected chi connectivity index (χ0v) is 25.0. The summed E-state index contributed by atoms with van der Waals surface area (Å²) >= 11 is 0. The maximum atomic E-state index is 14.7. The van der Waals surface area contributed by atoms with Crippen molar-refractivity contribution in [3.8, 4) is 0 Å². The van der Waals surface area contributed by atoms with Gasteiger partial charge in [0.1, 0.15) is 12.0 Å². The van der Waals surface area contributed by atoms with Crippen molar-refractivity contribution in [1.29, 1.82) is 0 Å². The molecule has 1 heterocycles. The van der Waals surface area contributed by atoms with Gasteiger partial charge in [-0.1, -0.05) is 123 Å². The van der Waals surface area contributed by atoms with E-state index >= 15 is 0 Å². The summed E-state index contributed by atoms with van der Waals surface area (Å²) in [5, 5.41) is 14.3. The Morgan fingerprint density at radius 2 is 1.37 bits per heavy atom. The van der Waals surface area contributed by atoms with Gasteiger partial charge in [0, 0.05) is 24.8 Å². The number of ether oxygens (including phenoxy) is 1. The van der Waals surface area contributed by atoms with Gasteiger partial charge in [-0.2, -0.15) is 0 Å². The van der Waals surface area contributed by atoms with Crippen LogP contribution in [0.15, 0.2) is 128 Å². The number of rotatable bonds is 10. The monoisotopic (exact) mass is 592 g/mol. The number of nitro groups is 1. The predicted octanol–water partition coefficient (Wildman–Crippen LogP) is 5.58. The van der Waals surface area contributed by atoms with E-state index in [1.165, 1.54) is 6.07 Å². The number of hydrogen-bond acceptors (Lipinski definition) is 5. The maximum absolute atomic E-state index is 14.7. The van der Waals surface area contributed by atoms with Crippen molar-refractivity contribution in [2.45, 2.75) is 32.9 Å². The molecule has 4 aromatic carbocycles. The molecule has 5 rings (SSSR count). The molecule has 0 spiro atoms. The topological polar surface area (TPSA) is 89.8 Å². The summed E-state index contributed by atoms with van der Waals surface area (Å²) in [5.74, 6) is -0.884. The van der Waals surface area contributed by atoms with E-state index in [0.29, 0.717) is 0 Å². The molecule has 1 amide bonds. The van der Waals surface area contributed by atoms with E-state index in [9.17, 15) is 19.7 Å². The molecule has 1 aliphatic heterocycles. The highest BCUT2D eigenvalue weighted by Crippen LogP contribution is 2.50. The SMILES string of the molecule is C=CC(C)(C)C1CC(=O)N1C(C(=O)OCc1ccccc1[N+](=O)[O-])=P(c1ccccc1)(c1ccccc1)c1ccccc1. The van der Waals surface area contributed by atoms with E-state index in [-0.39, 0.29) is 41.6 Å². The number of benzene rings is 4. The smallest absolute Gasteiger partial charge is 0.356 e. The van der Waals surface area contributed by atoms with Gasteiger partial charge in [0.15, 0.2) is 0 Å². The summed E-state index contributed by atoms with van der Waals surface area (Å²) in [6, 6.07) is 35.1. The quantitative estimate of drug-likeness (QED) is 0.0600. The molecule has 43 heavy (non-hydrogen) atoms. The van der Waals surface area contributed by atoms with Crippen molar-refractivity contribution in [1.82, 2.24) is 4.90 Å². The number of carbonyl (C=O) groups is 2. The van der Waals surface area contributed by atoms with Gasteiger partial charge in [0.2, 0.25) is 5.91 Å². The van der Waals surface area contributed by atoms with Gasteiger partial charge in [-0.05, 0) is 22.0 Å². The van der Waals surface area contributed by atoms with Gasteiger partial charge in [0.25, 0.3) is 5.69 Å². The second-order valence-corrected chi connectivity index (χ2v) is 14.3. The van der Waals surface area contributed by atoms with Crippen LogP contribution in [0.5, 0.6) is 0 Å². The summed E-state index contributed by atoms with van der Waals surface area (Å²) in [6.45, 7) is 4.62. The number of para-hydroxylation sites is 1. The van der Waals surface area contributed by atoms with Crippen LogP contribution < -0.4 is 15.9 Å². The van der Waals surface area contributed by atoms with E-state index in [1.807, 2.05) is 105 Å². The molecule has 8 heteroatoms. The zero-order chi connectivity index (χ0) is 30.6. The highest BCUT2D eigenvalue weighted by Gasteiger charge is 2.51. The molecule has 218 valence electrons. The van der Waals surface area contributed by atoms with Crippen LogP contribution in [0.25, 0.3) is 0 Å². The van der Waals surface area contributed by atoms with Crippen molar-refractivity contribution in [2.24, 2.45) is 5.41 Å². The van der Waals surface area contributed by atoms with Crippen LogP contribution in [0.1, 0.15) is 25.8 Å². The lowest BCUT2D eigenvalue weighted by Gasteiger charge is -2.50. The normalized spacial score (nSPS) is 14.9. The van der Waals surface area contributed by atoms with Crippen LogP contribution in [-0.2, 0) is 20.9 Å². The number of likely N-dealkylation sites (tertiary alicyclic amines) is 1. The largest absolute Gasteiger partial charge is 0.456 e. The molecule has 1 fully saturated rings. The second-order valence-electron chi connectivity index (χ2n) is 11.0. The van der Waals surface area contributed by atoms with E-state index in [0.717, 1.165) is 15.9 Å². The number of β-lactam (4-membered cyclic amide) rings is 1. The molecule has 7 nitrogen and oxygen atoms in total. The third kappa shape index (κ3) is 5.44. The first kappa shape index (κ1) is 29.7. The summed E-state index contributed by atoms with van der Waals surface area (Å²) in [7, 11) is 0. The molecule has 0 aromatic heterocycles. The Bertz CT molecular complexity index is 1620. The lowest BCUT2D eigenvalue weighted by atomic mass is 9.77. The van der Waals surface area contributed by atoms with Gasteiger partial charge in [-0.3, -0.25) is 14.9 Å². The zero-order valence-electron chi connectivity index (χ0n) is 24.1. The first-order valence-electron chi connectivity index (χ1n) is 14.0. The summed E-state index contributed by atoms with van der Waals surface area (Å²) in [6.07, 6.45) is 2.05. The first-order chi connectivity index (χ1) is 20.7. The molecule has 0 aliphatic carbocycles. The van der Waals surface area contributed by atoms with E-state index < -0.39 is 23.2 Å². The summed E-state index contributed by atoms with van der Waals surface area (Å²) in [4.78, 5) is 41.2. The highest BCUT2D eigenvalue weighted by atomic mass is 31.2. The van der Waals surface area contributed by atoms with Crippen molar-refractivity contribution in [2.75, 3.05) is 0 Å². The van der Waals surface area contributed by atoms with E-state index in [1.54, 1.807) is 29.2 Å². The minimum absolute atomic E-state index is 0.141. The van der Waals surface area contributed by atoms with Crippen LogP contribution in [-0.4, -0.2) is 33.2 Å². The molecule has 0 bridgehead atoms. The van der Waals surface area contributed by atoms with Gasteiger partial charge in [-0.25, -0.2) is 4.79 Å². The summed E-state index contributed by atoms with van der Waals surface area (Å²) in [5.41, 5.74) is -0.151. The third-order valence-electron chi connectivity index (χ3n) is 8.04. The first-order valence-corrected chi connectivity index (χ1v) is 15.8. The van der Waals surface area contributed by atoms with Crippen LogP contribution in [0, 0.1) is 15.5 Å². The molecule has 1 unspecified atom stereocenters. The number of nitrogens with zero attached hydrogens (tertiary/aromatic N) is 2. The molecule has 1 saturated heterocycles. The second kappa shape index (κ2) is 12.2. The lowest BCUT2D eigenvalue weighted by molar-refractivity contribution is -0.385. The third-order valence-corrected chi connectivity index (χ3v) is 12.3. The molecular weight excluding hydrogens is 559 g/mol. The molecular formula is C35H33N2O5P. The Kier molecular flexibility index (Phi) is 8.47. The highest BCUT2D eigenvalue weighted by molar-refractivity contribution is 7.96. The van der Waals surface area contributed by atoms with Crippen LogP contribution in [0.3, 0.4) is 0 Å².